The molecule has 0 saturated heterocycles. The van der Waals surface area contributed by atoms with Crippen LogP contribution in [0, 0.1) is 5.82 Å². The minimum absolute atomic E-state index is 0.00346. The van der Waals surface area contributed by atoms with Crippen LogP contribution in [0.3, 0.4) is 0 Å². The fourth-order valence-electron chi connectivity index (χ4n) is 2.21. The van der Waals surface area contributed by atoms with Gasteiger partial charge in [0.05, 0.1) is 11.4 Å². The van der Waals surface area contributed by atoms with E-state index in [-0.39, 0.29) is 17.2 Å². The Morgan fingerprint density at radius 1 is 1.00 bits per heavy atom. The van der Waals surface area contributed by atoms with Crippen LogP contribution in [0.5, 0.6) is 5.75 Å². The van der Waals surface area contributed by atoms with Gasteiger partial charge < -0.3 is 20.1 Å². The second-order valence-corrected chi connectivity index (χ2v) is 7.37. The number of thioether (sulfide) groups is 1. The lowest BCUT2D eigenvalue weighted by atomic mass is 10.3. The number of rotatable bonds is 10. The van der Waals surface area contributed by atoms with E-state index in [0.717, 1.165) is 11.8 Å². The van der Waals surface area contributed by atoms with Crippen LogP contribution in [0.25, 0.3) is 0 Å². The van der Waals surface area contributed by atoms with Gasteiger partial charge >= 0.3 is 12.6 Å². The SMILES string of the molecule is C[C@@H](SCC(=O)Nc1ccc(F)cc1)C(=O)OCC(=O)Nc1ccccc1OC(F)F. The Hall–Kier alpha value is -3.21. The van der Waals surface area contributed by atoms with E-state index in [9.17, 15) is 27.6 Å². The summed E-state index contributed by atoms with van der Waals surface area (Å²) in [7, 11) is 0. The Morgan fingerprint density at radius 2 is 1.68 bits per heavy atom. The molecule has 0 bridgehead atoms. The molecular weight excluding hydrogens is 437 g/mol. The zero-order valence-electron chi connectivity index (χ0n) is 16.3. The van der Waals surface area contributed by atoms with Crippen molar-refractivity contribution in [3.8, 4) is 5.75 Å². The van der Waals surface area contributed by atoms with Crippen LogP contribution in [-0.4, -0.2) is 42.0 Å². The van der Waals surface area contributed by atoms with Crippen LogP contribution in [0.1, 0.15) is 6.92 Å². The highest BCUT2D eigenvalue weighted by atomic mass is 32.2. The van der Waals surface area contributed by atoms with Crippen LogP contribution in [0.4, 0.5) is 24.5 Å². The van der Waals surface area contributed by atoms with Crippen molar-refractivity contribution >= 4 is 40.9 Å². The van der Waals surface area contributed by atoms with Crippen LogP contribution in [0.2, 0.25) is 0 Å². The first-order valence-electron chi connectivity index (χ1n) is 8.92. The number of halogens is 3. The first kappa shape index (κ1) is 24.1. The molecule has 0 heterocycles. The molecule has 0 aliphatic carbocycles. The highest BCUT2D eigenvalue weighted by Gasteiger charge is 2.19. The number of anilines is 2. The fourth-order valence-corrected chi connectivity index (χ4v) is 2.89. The first-order valence-corrected chi connectivity index (χ1v) is 9.97. The van der Waals surface area contributed by atoms with Crippen molar-refractivity contribution in [2.24, 2.45) is 0 Å². The number of para-hydroxylation sites is 2. The number of carbonyl (C=O) groups excluding carboxylic acids is 3. The maximum absolute atomic E-state index is 12.9. The second-order valence-electron chi connectivity index (χ2n) is 6.04. The van der Waals surface area contributed by atoms with Gasteiger partial charge in [-0.15, -0.1) is 11.8 Å². The fraction of sp³-hybridized carbons (Fsp3) is 0.250. The largest absolute Gasteiger partial charge is 0.455 e. The summed E-state index contributed by atoms with van der Waals surface area (Å²) in [6.07, 6.45) is 0. The molecule has 0 aromatic heterocycles. The molecular formula is C20H19F3N2O5S. The van der Waals surface area contributed by atoms with E-state index in [1.165, 1.54) is 55.5 Å². The maximum atomic E-state index is 12.9. The molecule has 2 N–H and O–H groups in total. The molecule has 31 heavy (non-hydrogen) atoms. The van der Waals surface area contributed by atoms with Crippen molar-refractivity contribution in [3.63, 3.8) is 0 Å². The van der Waals surface area contributed by atoms with Crippen molar-refractivity contribution in [2.75, 3.05) is 23.0 Å². The molecule has 11 heteroatoms. The number of ether oxygens (including phenoxy) is 2. The van der Waals surface area contributed by atoms with Gasteiger partial charge in [-0.3, -0.25) is 14.4 Å². The third kappa shape index (κ3) is 8.59. The molecule has 0 unspecified atom stereocenters. The summed E-state index contributed by atoms with van der Waals surface area (Å²) in [5.41, 5.74) is 0.416. The first-order chi connectivity index (χ1) is 14.7. The third-order valence-corrected chi connectivity index (χ3v) is 4.77. The number of amides is 2. The van der Waals surface area contributed by atoms with Crippen LogP contribution in [-0.2, 0) is 19.1 Å². The van der Waals surface area contributed by atoms with Gasteiger partial charge in [0, 0.05) is 5.69 Å². The average molecular weight is 456 g/mol. The van der Waals surface area contributed by atoms with Crippen molar-refractivity contribution in [1.29, 1.82) is 0 Å². The Bertz CT molecular complexity index is 912. The summed E-state index contributed by atoms with van der Waals surface area (Å²) in [6, 6.07) is 10.8. The van der Waals surface area contributed by atoms with E-state index < -0.39 is 42.1 Å². The number of nitrogens with one attached hydrogen (secondary N) is 2. The minimum Gasteiger partial charge on any atom is -0.455 e. The van der Waals surface area contributed by atoms with Gasteiger partial charge in [0.15, 0.2) is 6.61 Å². The molecule has 7 nitrogen and oxygen atoms in total. The molecule has 2 aromatic carbocycles. The molecule has 2 rings (SSSR count). The van der Waals surface area contributed by atoms with E-state index in [1.807, 2.05) is 0 Å². The number of benzene rings is 2. The van der Waals surface area contributed by atoms with Gasteiger partial charge in [0.1, 0.15) is 16.8 Å². The quantitative estimate of drug-likeness (QED) is 0.530. The highest BCUT2D eigenvalue weighted by molar-refractivity contribution is 8.01. The van der Waals surface area contributed by atoms with Gasteiger partial charge in [-0.2, -0.15) is 8.78 Å². The van der Waals surface area contributed by atoms with E-state index in [2.05, 4.69) is 15.4 Å². The molecule has 0 saturated carbocycles. The molecule has 0 spiro atoms. The minimum atomic E-state index is -3.06. The summed E-state index contributed by atoms with van der Waals surface area (Å²) in [4.78, 5) is 35.8. The molecule has 2 aromatic rings. The maximum Gasteiger partial charge on any atom is 0.387 e. The van der Waals surface area contributed by atoms with Gasteiger partial charge in [-0.1, -0.05) is 12.1 Å². The molecule has 0 aliphatic heterocycles. The number of esters is 1. The third-order valence-electron chi connectivity index (χ3n) is 3.65. The lowest BCUT2D eigenvalue weighted by molar-refractivity contribution is -0.146. The lowest BCUT2D eigenvalue weighted by Gasteiger charge is -2.13. The summed E-state index contributed by atoms with van der Waals surface area (Å²) < 4.78 is 46.8. The zero-order valence-corrected chi connectivity index (χ0v) is 17.1. The predicted octanol–water partition coefficient (Wildman–Crippen LogP) is 3.67. The van der Waals surface area contributed by atoms with Crippen molar-refractivity contribution < 1.29 is 37.0 Å². The Morgan fingerprint density at radius 3 is 2.35 bits per heavy atom. The number of carbonyl (C=O) groups is 3. The number of alkyl halides is 2. The van der Waals surface area contributed by atoms with Gasteiger partial charge in [0.25, 0.3) is 5.91 Å². The summed E-state index contributed by atoms with van der Waals surface area (Å²) in [5, 5.41) is 4.12. The molecule has 166 valence electrons. The summed E-state index contributed by atoms with van der Waals surface area (Å²) in [5.74, 6) is -2.61. The molecule has 2 amide bonds. The Balaban J connectivity index is 1.74. The summed E-state index contributed by atoms with van der Waals surface area (Å²) in [6.45, 7) is -2.20. The number of hydrogen-bond donors (Lipinski definition) is 2. The van der Waals surface area contributed by atoms with Gasteiger partial charge in [-0.05, 0) is 43.3 Å². The topological polar surface area (TPSA) is 93.7 Å². The predicted molar refractivity (Wildman–Crippen MR) is 110 cm³/mol. The summed E-state index contributed by atoms with van der Waals surface area (Å²) >= 11 is 0.984. The van der Waals surface area contributed by atoms with Crippen molar-refractivity contribution in [3.05, 3.63) is 54.3 Å². The standard InChI is InChI=1S/C20H19F3N2O5S/c1-12(31-11-18(27)24-14-8-6-13(21)7-9-14)19(28)29-10-17(26)25-15-4-2-3-5-16(15)30-20(22)23/h2-9,12,20H,10-11H2,1H3,(H,24,27)(H,25,26)/t12-/m1/s1. The molecule has 0 aliphatic rings. The van der Waals surface area contributed by atoms with E-state index in [1.54, 1.807) is 0 Å². The van der Waals surface area contributed by atoms with E-state index >= 15 is 0 Å². The van der Waals surface area contributed by atoms with Gasteiger partial charge in [-0.25, -0.2) is 4.39 Å². The van der Waals surface area contributed by atoms with Crippen LogP contribution >= 0.6 is 11.8 Å². The Labute approximate surface area is 180 Å². The number of hydrogen-bond acceptors (Lipinski definition) is 6. The van der Waals surface area contributed by atoms with Crippen LogP contribution < -0.4 is 15.4 Å². The van der Waals surface area contributed by atoms with E-state index in [4.69, 9.17) is 4.74 Å². The van der Waals surface area contributed by atoms with Gasteiger partial charge in [0.2, 0.25) is 5.91 Å². The zero-order chi connectivity index (χ0) is 22.8. The van der Waals surface area contributed by atoms with Crippen molar-refractivity contribution in [2.45, 2.75) is 18.8 Å². The van der Waals surface area contributed by atoms with Crippen LogP contribution in [0.15, 0.2) is 48.5 Å². The molecule has 0 fully saturated rings. The van der Waals surface area contributed by atoms with E-state index in [0.29, 0.717) is 5.69 Å². The molecule has 1 atom stereocenters. The second kappa shape index (κ2) is 11.8. The normalized spacial score (nSPS) is 11.5. The monoisotopic (exact) mass is 456 g/mol. The lowest BCUT2D eigenvalue weighted by Crippen LogP contribution is -2.26. The molecule has 0 radical (unpaired) electrons. The van der Waals surface area contributed by atoms with Crippen molar-refractivity contribution in [1.82, 2.24) is 0 Å². The Kier molecular flexibility index (Phi) is 9.19. The highest BCUT2D eigenvalue weighted by Crippen LogP contribution is 2.25. The smallest absolute Gasteiger partial charge is 0.387 e. The average Bonchev–Trinajstić information content (AvgIpc) is 2.73.